The van der Waals surface area contributed by atoms with Crippen molar-refractivity contribution in [2.45, 2.75) is 76.7 Å². The Morgan fingerprint density at radius 2 is 1.56 bits per heavy atom. The van der Waals surface area contributed by atoms with Crippen LogP contribution in [0.25, 0.3) is 0 Å². The fourth-order valence-corrected chi connectivity index (χ4v) is 2.36. The Balaban J connectivity index is 1.89. The number of esters is 1. The van der Waals surface area contributed by atoms with E-state index >= 15 is 0 Å². The maximum Gasteiger partial charge on any atom is 0.340 e. The third-order valence-electron chi connectivity index (χ3n) is 3.73. The second kappa shape index (κ2) is 8.52. The third-order valence-corrected chi connectivity index (χ3v) is 3.73. The van der Waals surface area contributed by atoms with Gasteiger partial charge >= 0.3 is 5.97 Å². The van der Waals surface area contributed by atoms with Gasteiger partial charge in [-0.25, -0.2) is 4.79 Å². The first-order chi connectivity index (χ1) is 8.75. The Kier molecular flexibility index (Phi) is 7.33. The van der Waals surface area contributed by atoms with Crippen LogP contribution in [0, 0.1) is 0 Å². The maximum atomic E-state index is 11.4. The first-order valence-electron chi connectivity index (χ1n) is 7.47. The Bertz CT molecular complexity index is 234. The van der Waals surface area contributed by atoms with Gasteiger partial charge in [0.15, 0.2) is 5.60 Å². The highest BCUT2D eigenvalue weighted by Crippen LogP contribution is 2.34. The SMILES string of the molecule is CCCCCCCCCCC[C@@]1(C(=O)OC)CO1. The van der Waals surface area contributed by atoms with Gasteiger partial charge in [-0.15, -0.1) is 0 Å². The summed E-state index contributed by atoms with van der Waals surface area (Å²) in [4.78, 5) is 11.4. The van der Waals surface area contributed by atoms with Gasteiger partial charge in [0.1, 0.15) is 0 Å². The van der Waals surface area contributed by atoms with E-state index in [4.69, 9.17) is 9.47 Å². The van der Waals surface area contributed by atoms with Crippen molar-refractivity contribution in [2.24, 2.45) is 0 Å². The van der Waals surface area contributed by atoms with Gasteiger partial charge in [-0.05, 0) is 12.8 Å². The number of unbranched alkanes of at least 4 members (excludes halogenated alkanes) is 8. The first-order valence-corrected chi connectivity index (χ1v) is 7.47. The molecule has 0 amide bonds. The van der Waals surface area contributed by atoms with E-state index in [1.165, 1.54) is 58.5 Å². The van der Waals surface area contributed by atoms with E-state index in [2.05, 4.69) is 6.92 Å². The largest absolute Gasteiger partial charge is 0.467 e. The average Bonchev–Trinajstić information content (AvgIpc) is 3.17. The van der Waals surface area contributed by atoms with Gasteiger partial charge in [0, 0.05) is 0 Å². The highest BCUT2D eigenvalue weighted by atomic mass is 16.6. The zero-order valence-electron chi connectivity index (χ0n) is 12.0. The maximum absolute atomic E-state index is 11.4. The summed E-state index contributed by atoms with van der Waals surface area (Å²) in [7, 11) is 1.43. The van der Waals surface area contributed by atoms with Gasteiger partial charge in [-0.1, -0.05) is 58.3 Å². The van der Waals surface area contributed by atoms with Gasteiger partial charge in [0.2, 0.25) is 0 Å². The van der Waals surface area contributed by atoms with Gasteiger partial charge < -0.3 is 9.47 Å². The lowest BCUT2D eigenvalue weighted by Gasteiger charge is -2.08. The first kappa shape index (κ1) is 15.5. The monoisotopic (exact) mass is 256 g/mol. The van der Waals surface area contributed by atoms with Crippen LogP contribution in [-0.4, -0.2) is 25.3 Å². The lowest BCUT2D eigenvalue weighted by molar-refractivity contribution is -0.147. The predicted molar refractivity (Wildman–Crippen MR) is 72.5 cm³/mol. The molecule has 0 aromatic heterocycles. The predicted octanol–water partition coefficient (Wildman–Crippen LogP) is 3.85. The van der Waals surface area contributed by atoms with Gasteiger partial charge in [0.05, 0.1) is 13.7 Å². The van der Waals surface area contributed by atoms with Crippen LogP contribution < -0.4 is 0 Å². The molecule has 0 aromatic rings. The Morgan fingerprint density at radius 1 is 1.06 bits per heavy atom. The summed E-state index contributed by atoms with van der Waals surface area (Å²) < 4.78 is 9.99. The smallest absolute Gasteiger partial charge is 0.340 e. The number of carbonyl (C=O) groups is 1. The zero-order chi connectivity index (χ0) is 13.3. The molecule has 1 saturated heterocycles. The molecule has 106 valence electrons. The molecule has 0 aliphatic carbocycles. The summed E-state index contributed by atoms with van der Waals surface area (Å²) in [6.45, 7) is 2.80. The van der Waals surface area contributed by atoms with Crippen molar-refractivity contribution < 1.29 is 14.3 Å². The normalized spacial score (nSPS) is 21.9. The molecule has 1 rings (SSSR count). The van der Waals surface area contributed by atoms with Crippen molar-refractivity contribution in [1.82, 2.24) is 0 Å². The summed E-state index contributed by atoms with van der Waals surface area (Å²) in [5.41, 5.74) is -0.560. The molecular formula is C15H28O3. The highest BCUT2D eigenvalue weighted by Gasteiger charge is 2.52. The Morgan fingerprint density at radius 3 is 2.00 bits per heavy atom. The van der Waals surface area contributed by atoms with E-state index in [1.54, 1.807) is 0 Å². The molecule has 0 spiro atoms. The summed E-state index contributed by atoms with van der Waals surface area (Å²) in [6, 6.07) is 0. The Hall–Kier alpha value is -0.570. The van der Waals surface area contributed by atoms with Crippen molar-refractivity contribution in [3.63, 3.8) is 0 Å². The fraction of sp³-hybridized carbons (Fsp3) is 0.933. The highest BCUT2D eigenvalue weighted by molar-refractivity contribution is 5.82. The quantitative estimate of drug-likeness (QED) is 0.320. The lowest BCUT2D eigenvalue weighted by Crippen LogP contribution is -2.25. The molecule has 1 aliphatic rings. The molecule has 1 heterocycles. The number of epoxide rings is 1. The van der Waals surface area contributed by atoms with Crippen molar-refractivity contribution >= 4 is 5.97 Å². The number of methoxy groups -OCH3 is 1. The molecule has 3 nitrogen and oxygen atoms in total. The minimum Gasteiger partial charge on any atom is -0.467 e. The van der Waals surface area contributed by atoms with E-state index in [9.17, 15) is 4.79 Å². The van der Waals surface area contributed by atoms with Crippen LogP contribution in [0.5, 0.6) is 0 Å². The number of carbonyl (C=O) groups excluding carboxylic acids is 1. The van der Waals surface area contributed by atoms with Crippen LogP contribution in [0.15, 0.2) is 0 Å². The summed E-state index contributed by atoms with van der Waals surface area (Å²) in [6.07, 6.45) is 12.5. The van der Waals surface area contributed by atoms with Gasteiger partial charge in [0.25, 0.3) is 0 Å². The fourth-order valence-electron chi connectivity index (χ4n) is 2.36. The van der Waals surface area contributed by atoms with E-state index in [0.29, 0.717) is 6.61 Å². The third kappa shape index (κ3) is 5.38. The topological polar surface area (TPSA) is 38.8 Å². The van der Waals surface area contributed by atoms with Crippen molar-refractivity contribution in [2.75, 3.05) is 13.7 Å². The van der Waals surface area contributed by atoms with Gasteiger partial charge in [-0.2, -0.15) is 0 Å². The second-order valence-corrected chi connectivity index (χ2v) is 5.35. The van der Waals surface area contributed by atoms with Crippen molar-refractivity contribution in [3.8, 4) is 0 Å². The van der Waals surface area contributed by atoms with Crippen LogP contribution in [0.1, 0.15) is 71.1 Å². The molecule has 0 saturated carbocycles. The molecule has 1 fully saturated rings. The molecule has 1 aliphatic heterocycles. The molecule has 0 N–H and O–H groups in total. The Labute approximate surface area is 111 Å². The lowest BCUT2D eigenvalue weighted by atomic mass is 10.0. The van der Waals surface area contributed by atoms with Crippen molar-refractivity contribution in [3.05, 3.63) is 0 Å². The molecule has 0 bridgehead atoms. The minimum absolute atomic E-state index is 0.193. The molecule has 1 atom stereocenters. The molecule has 0 aromatic carbocycles. The average molecular weight is 256 g/mol. The second-order valence-electron chi connectivity index (χ2n) is 5.35. The number of hydrogen-bond acceptors (Lipinski definition) is 3. The van der Waals surface area contributed by atoms with Crippen molar-refractivity contribution in [1.29, 1.82) is 0 Å². The van der Waals surface area contributed by atoms with E-state index in [0.717, 1.165) is 12.8 Å². The van der Waals surface area contributed by atoms with Crippen LogP contribution in [0.2, 0.25) is 0 Å². The number of hydrogen-bond donors (Lipinski definition) is 0. The molecular weight excluding hydrogens is 228 g/mol. The van der Waals surface area contributed by atoms with Crippen LogP contribution in [0.4, 0.5) is 0 Å². The molecule has 3 heteroatoms. The molecule has 18 heavy (non-hydrogen) atoms. The summed E-state index contributed by atoms with van der Waals surface area (Å²) in [5.74, 6) is -0.193. The van der Waals surface area contributed by atoms with E-state index < -0.39 is 5.60 Å². The van der Waals surface area contributed by atoms with Gasteiger partial charge in [-0.3, -0.25) is 0 Å². The van der Waals surface area contributed by atoms with Crippen LogP contribution >= 0.6 is 0 Å². The number of rotatable bonds is 11. The van der Waals surface area contributed by atoms with E-state index in [-0.39, 0.29) is 5.97 Å². The zero-order valence-corrected chi connectivity index (χ0v) is 12.0. The standard InChI is InChI=1S/C15H28O3/c1-3-4-5-6-7-8-9-10-11-12-15(13-18-15)14(16)17-2/h3-13H2,1-2H3/t15-/m0/s1. The number of ether oxygens (including phenoxy) is 2. The summed E-state index contributed by atoms with van der Waals surface area (Å²) >= 11 is 0. The minimum atomic E-state index is -0.560. The molecule has 0 unspecified atom stereocenters. The summed E-state index contributed by atoms with van der Waals surface area (Å²) in [5, 5.41) is 0. The van der Waals surface area contributed by atoms with Crippen LogP contribution in [-0.2, 0) is 14.3 Å². The van der Waals surface area contributed by atoms with Crippen LogP contribution in [0.3, 0.4) is 0 Å². The van der Waals surface area contributed by atoms with E-state index in [1.807, 2.05) is 0 Å². The molecule has 0 radical (unpaired) electrons.